The molecule has 0 radical (unpaired) electrons. The van der Waals surface area contributed by atoms with Crippen molar-refractivity contribution < 1.29 is 4.42 Å². The Hall–Kier alpha value is -8.07. The Morgan fingerprint density at radius 3 is 2.10 bits per heavy atom. The second-order valence-electron chi connectivity index (χ2n) is 15.5. The molecule has 0 saturated heterocycles. The smallest absolute Gasteiger partial charge is 0.238 e. The third-order valence-electron chi connectivity index (χ3n) is 11.7. The maximum absolute atomic E-state index is 6.39. The van der Waals surface area contributed by atoms with Crippen molar-refractivity contribution in [2.24, 2.45) is 0 Å². The van der Waals surface area contributed by atoms with E-state index in [0.29, 0.717) is 29.8 Å². The van der Waals surface area contributed by atoms with Crippen LogP contribution in [0.2, 0.25) is 0 Å². The highest BCUT2D eigenvalue weighted by molar-refractivity contribution is 7.26. The number of thiophene rings is 1. The number of benzene rings is 7. The number of hydrogen-bond donors (Lipinski definition) is 0. The number of rotatable bonds is 8. The highest BCUT2D eigenvalue weighted by Gasteiger charge is 2.23. The third kappa shape index (κ3) is 6.22. The fourth-order valence-electron chi connectivity index (χ4n) is 8.79. The molecule has 0 spiro atoms. The Bertz CT molecular complexity index is 3790. The van der Waals surface area contributed by atoms with Crippen LogP contribution in [0.4, 0.5) is 0 Å². The van der Waals surface area contributed by atoms with Gasteiger partial charge in [-0.2, -0.15) is 9.97 Å². The standard InChI is InChI=1S/C55H36N6OS/c1-2-3-4-11-27-43-50-49(38-23-13-15-29-46(38)62-50)57-53(56-43)40-25-17-30-47-48(40)39-24-16-26-41(51(39)63-47)54-58-52(35-20-9-6-10-21-35)59-55(60-54)61-44-28-14-12-22-37(44)42-33-36(31-32-45(42)61)34-18-7-5-8-19-34/h2-26,28-33H,27H2,1H3/b3-2-,11-4-. The first-order valence-corrected chi connectivity index (χ1v) is 21.8. The van der Waals surface area contributed by atoms with Gasteiger partial charge in [0.1, 0.15) is 11.1 Å². The van der Waals surface area contributed by atoms with E-state index in [-0.39, 0.29) is 0 Å². The van der Waals surface area contributed by atoms with Crippen molar-refractivity contribution in [2.45, 2.75) is 13.3 Å². The number of para-hydroxylation sites is 2. The molecule has 5 aromatic heterocycles. The molecule has 0 aliphatic heterocycles. The van der Waals surface area contributed by atoms with Gasteiger partial charge in [0.2, 0.25) is 5.95 Å². The lowest BCUT2D eigenvalue weighted by molar-refractivity contribution is 0.660. The van der Waals surface area contributed by atoms with Crippen LogP contribution in [0.5, 0.6) is 0 Å². The number of aromatic nitrogens is 6. The zero-order valence-corrected chi connectivity index (χ0v) is 34.9. The van der Waals surface area contributed by atoms with Gasteiger partial charge in [0.25, 0.3) is 0 Å². The summed E-state index contributed by atoms with van der Waals surface area (Å²) in [5.74, 6) is 2.42. The van der Waals surface area contributed by atoms with E-state index in [1.54, 1.807) is 11.3 Å². The van der Waals surface area contributed by atoms with Crippen molar-refractivity contribution in [3.8, 4) is 51.2 Å². The van der Waals surface area contributed by atoms with Crippen molar-refractivity contribution in [3.63, 3.8) is 0 Å². The van der Waals surface area contributed by atoms with Crippen LogP contribution in [0.15, 0.2) is 193 Å². The molecule has 298 valence electrons. The normalized spacial score (nSPS) is 12.1. The first-order chi connectivity index (χ1) is 31.2. The molecule has 12 rings (SSSR count). The van der Waals surface area contributed by atoms with Crippen molar-refractivity contribution in [1.82, 2.24) is 29.5 Å². The summed E-state index contributed by atoms with van der Waals surface area (Å²) >= 11 is 1.73. The number of fused-ring (bicyclic) bond motifs is 9. The molecule has 7 aromatic carbocycles. The summed E-state index contributed by atoms with van der Waals surface area (Å²) in [6.07, 6.45) is 8.80. The van der Waals surface area contributed by atoms with Gasteiger partial charge >= 0.3 is 0 Å². The second kappa shape index (κ2) is 15.1. The van der Waals surface area contributed by atoms with E-state index in [2.05, 4.69) is 138 Å². The highest BCUT2D eigenvalue weighted by Crippen LogP contribution is 2.44. The van der Waals surface area contributed by atoms with Crippen LogP contribution < -0.4 is 0 Å². The third-order valence-corrected chi connectivity index (χ3v) is 12.9. The van der Waals surface area contributed by atoms with Gasteiger partial charge < -0.3 is 4.42 Å². The topological polar surface area (TPSA) is 82.5 Å². The molecule has 0 atom stereocenters. The molecule has 63 heavy (non-hydrogen) atoms. The van der Waals surface area contributed by atoms with Gasteiger partial charge in [0, 0.05) is 59.4 Å². The Labute approximate surface area is 366 Å². The lowest BCUT2D eigenvalue weighted by Crippen LogP contribution is -2.06. The minimum absolute atomic E-state index is 0.557. The van der Waals surface area contributed by atoms with Crippen LogP contribution in [0.1, 0.15) is 12.6 Å². The van der Waals surface area contributed by atoms with Gasteiger partial charge in [-0.25, -0.2) is 15.0 Å². The Morgan fingerprint density at radius 1 is 0.540 bits per heavy atom. The molecule has 8 heteroatoms. The summed E-state index contributed by atoms with van der Waals surface area (Å²) < 4.78 is 10.8. The molecule has 0 N–H and O–H groups in total. The summed E-state index contributed by atoms with van der Waals surface area (Å²) in [5, 5.41) is 5.42. The quantitative estimate of drug-likeness (QED) is 0.142. The molecule has 0 aliphatic carbocycles. The van der Waals surface area contributed by atoms with E-state index in [0.717, 1.165) is 92.0 Å². The molecule has 0 saturated carbocycles. The van der Waals surface area contributed by atoms with Crippen LogP contribution >= 0.6 is 11.3 Å². The first-order valence-electron chi connectivity index (χ1n) is 21.0. The van der Waals surface area contributed by atoms with Gasteiger partial charge in [-0.1, -0.05) is 146 Å². The average Bonchev–Trinajstić information content (AvgIpc) is 4.03. The molecule has 0 aliphatic rings. The fourth-order valence-corrected chi connectivity index (χ4v) is 10.0. The summed E-state index contributed by atoms with van der Waals surface area (Å²) in [6.45, 7) is 2.01. The van der Waals surface area contributed by atoms with Crippen LogP contribution in [0.3, 0.4) is 0 Å². The van der Waals surface area contributed by atoms with Crippen LogP contribution in [-0.2, 0) is 6.42 Å². The zero-order valence-electron chi connectivity index (χ0n) is 34.1. The largest absolute Gasteiger partial charge is 0.452 e. The summed E-state index contributed by atoms with van der Waals surface area (Å²) in [7, 11) is 0. The molecule has 0 fully saturated rings. The Morgan fingerprint density at radius 2 is 1.24 bits per heavy atom. The Kier molecular flexibility index (Phi) is 8.83. The van der Waals surface area contributed by atoms with E-state index in [9.17, 15) is 0 Å². The van der Waals surface area contributed by atoms with E-state index in [1.807, 2.05) is 61.5 Å². The molecular formula is C55H36N6OS. The first kappa shape index (κ1) is 36.8. The number of allylic oxidation sites excluding steroid dienone is 4. The van der Waals surface area contributed by atoms with Gasteiger partial charge in [-0.15, -0.1) is 11.3 Å². The molecule has 0 bridgehead atoms. The predicted octanol–water partition coefficient (Wildman–Crippen LogP) is 14.4. The predicted molar refractivity (Wildman–Crippen MR) is 259 cm³/mol. The van der Waals surface area contributed by atoms with E-state index in [4.69, 9.17) is 29.3 Å². The maximum atomic E-state index is 6.39. The maximum Gasteiger partial charge on any atom is 0.238 e. The monoisotopic (exact) mass is 828 g/mol. The molecule has 0 amide bonds. The van der Waals surface area contributed by atoms with E-state index in [1.165, 1.54) is 5.56 Å². The van der Waals surface area contributed by atoms with E-state index >= 15 is 0 Å². The zero-order chi connectivity index (χ0) is 41.9. The molecule has 7 nitrogen and oxygen atoms in total. The molecule has 12 aromatic rings. The van der Waals surface area contributed by atoms with Gasteiger partial charge in [0.15, 0.2) is 23.1 Å². The minimum atomic E-state index is 0.557. The molecule has 5 heterocycles. The van der Waals surface area contributed by atoms with Crippen LogP contribution in [0, 0.1) is 0 Å². The van der Waals surface area contributed by atoms with Crippen molar-refractivity contribution in [3.05, 3.63) is 194 Å². The highest BCUT2D eigenvalue weighted by atomic mass is 32.1. The lowest BCUT2D eigenvalue weighted by Gasteiger charge is -2.11. The van der Waals surface area contributed by atoms with Gasteiger partial charge in [-0.05, 0) is 60.5 Å². The number of furan rings is 1. The number of nitrogens with zero attached hydrogens (tertiary/aromatic N) is 6. The summed E-state index contributed by atoms with van der Waals surface area (Å²) in [4.78, 5) is 26.3. The van der Waals surface area contributed by atoms with E-state index < -0.39 is 0 Å². The average molecular weight is 829 g/mol. The minimum Gasteiger partial charge on any atom is -0.452 e. The fraction of sp³-hybridized carbons (Fsp3) is 0.0364. The van der Waals surface area contributed by atoms with Crippen molar-refractivity contribution in [1.29, 1.82) is 0 Å². The van der Waals surface area contributed by atoms with Crippen LogP contribution in [0.25, 0.3) is 115 Å². The van der Waals surface area contributed by atoms with Gasteiger partial charge in [0.05, 0.1) is 16.7 Å². The Balaban J connectivity index is 1.07. The van der Waals surface area contributed by atoms with Crippen molar-refractivity contribution >= 4 is 75.4 Å². The lowest BCUT2D eigenvalue weighted by atomic mass is 10.0. The SMILES string of the molecule is C/C=C\C=C/Cc1nc(-c2cccc3sc4c(-c5nc(-c6ccccc6)nc(-n6c7ccccc7c7cc(-c8ccccc8)ccc76)n5)cccc4c23)nc2c1oc1ccccc12. The second-order valence-corrected chi connectivity index (χ2v) is 16.5. The summed E-state index contributed by atoms with van der Waals surface area (Å²) in [5.41, 5.74) is 10.4. The number of hydrogen-bond acceptors (Lipinski definition) is 7. The van der Waals surface area contributed by atoms with Crippen molar-refractivity contribution in [2.75, 3.05) is 0 Å². The molecular weight excluding hydrogens is 793 g/mol. The molecule has 0 unspecified atom stereocenters. The summed E-state index contributed by atoms with van der Waals surface area (Å²) in [6, 6.07) is 56.7. The van der Waals surface area contributed by atoms with Gasteiger partial charge in [-0.3, -0.25) is 4.57 Å². The van der Waals surface area contributed by atoms with Crippen LogP contribution in [-0.4, -0.2) is 29.5 Å².